The van der Waals surface area contributed by atoms with Crippen molar-refractivity contribution in [1.29, 1.82) is 0 Å². The molecule has 178 valence electrons. The number of benzene rings is 3. The average molecular weight is 552 g/mol. The standard InChI is InChI=1S/C25H22BrN5O3S/c1-33-21-11-12-22(34-2)18(14-21)15-27-28-23(32)16-35-25-30-29-24(17-7-6-8-19(26)13-17)31(25)20-9-4-3-5-10-20/h3-15H,16H2,1-2H3,(H,28,32)/b27-15+. The first-order chi connectivity index (χ1) is 17.1. The van der Waals surface area contributed by atoms with Gasteiger partial charge in [0.25, 0.3) is 5.91 Å². The summed E-state index contributed by atoms with van der Waals surface area (Å²) < 4.78 is 13.4. The topological polar surface area (TPSA) is 90.6 Å². The largest absolute Gasteiger partial charge is 0.497 e. The minimum atomic E-state index is -0.278. The summed E-state index contributed by atoms with van der Waals surface area (Å²) >= 11 is 4.79. The van der Waals surface area contributed by atoms with E-state index in [2.05, 4.69) is 36.7 Å². The number of hydrogen-bond acceptors (Lipinski definition) is 7. The Balaban J connectivity index is 1.49. The SMILES string of the molecule is COc1ccc(OC)c(/C=N/NC(=O)CSc2nnc(-c3cccc(Br)c3)n2-c2ccccc2)c1. The normalized spacial score (nSPS) is 10.9. The minimum Gasteiger partial charge on any atom is -0.497 e. The Morgan fingerprint density at radius 3 is 2.63 bits per heavy atom. The third kappa shape index (κ3) is 6.09. The molecule has 0 fully saturated rings. The van der Waals surface area contributed by atoms with Crippen molar-refractivity contribution in [3.8, 4) is 28.6 Å². The van der Waals surface area contributed by atoms with Crippen LogP contribution >= 0.6 is 27.7 Å². The molecular formula is C25H22BrN5O3S. The van der Waals surface area contributed by atoms with Crippen LogP contribution in [0.5, 0.6) is 11.5 Å². The van der Waals surface area contributed by atoms with Crippen LogP contribution in [0.15, 0.2) is 87.5 Å². The number of thioether (sulfide) groups is 1. The number of halogens is 1. The zero-order chi connectivity index (χ0) is 24.6. The van der Waals surface area contributed by atoms with Gasteiger partial charge in [-0.2, -0.15) is 5.10 Å². The van der Waals surface area contributed by atoms with E-state index in [0.29, 0.717) is 28.0 Å². The van der Waals surface area contributed by atoms with E-state index in [4.69, 9.17) is 9.47 Å². The second-order valence-corrected chi connectivity index (χ2v) is 9.04. The Labute approximate surface area is 215 Å². The predicted molar refractivity (Wildman–Crippen MR) is 141 cm³/mol. The molecule has 8 nitrogen and oxygen atoms in total. The zero-order valence-corrected chi connectivity index (χ0v) is 21.4. The van der Waals surface area contributed by atoms with E-state index in [1.54, 1.807) is 32.4 Å². The van der Waals surface area contributed by atoms with E-state index in [1.165, 1.54) is 18.0 Å². The Hall–Kier alpha value is -3.63. The number of para-hydroxylation sites is 1. The van der Waals surface area contributed by atoms with Gasteiger partial charge in [-0.3, -0.25) is 9.36 Å². The summed E-state index contributed by atoms with van der Waals surface area (Å²) in [5, 5.41) is 13.4. The molecule has 35 heavy (non-hydrogen) atoms. The highest BCUT2D eigenvalue weighted by molar-refractivity contribution is 9.10. The summed E-state index contributed by atoms with van der Waals surface area (Å²) in [5.74, 6) is 1.80. The summed E-state index contributed by atoms with van der Waals surface area (Å²) in [6.45, 7) is 0. The first-order valence-corrected chi connectivity index (χ1v) is 12.3. The number of methoxy groups -OCH3 is 2. The summed E-state index contributed by atoms with van der Waals surface area (Å²) in [6.07, 6.45) is 1.52. The van der Waals surface area contributed by atoms with Gasteiger partial charge in [-0.05, 0) is 42.5 Å². The van der Waals surface area contributed by atoms with Crippen molar-refractivity contribution in [3.63, 3.8) is 0 Å². The van der Waals surface area contributed by atoms with Gasteiger partial charge in [0, 0.05) is 21.3 Å². The van der Waals surface area contributed by atoms with Crippen molar-refractivity contribution in [2.45, 2.75) is 5.16 Å². The van der Waals surface area contributed by atoms with Crippen molar-refractivity contribution >= 4 is 39.8 Å². The van der Waals surface area contributed by atoms with E-state index in [1.807, 2.05) is 59.2 Å². The lowest BCUT2D eigenvalue weighted by Gasteiger charge is -2.10. The number of carbonyl (C=O) groups excluding carboxylic acids is 1. The lowest BCUT2D eigenvalue weighted by molar-refractivity contribution is -0.118. The van der Waals surface area contributed by atoms with Crippen molar-refractivity contribution in [2.75, 3.05) is 20.0 Å². The van der Waals surface area contributed by atoms with Crippen molar-refractivity contribution in [1.82, 2.24) is 20.2 Å². The van der Waals surface area contributed by atoms with Crippen LogP contribution in [0.2, 0.25) is 0 Å². The molecule has 0 bridgehead atoms. The highest BCUT2D eigenvalue weighted by Gasteiger charge is 2.17. The first-order valence-electron chi connectivity index (χ1n) is 10.5. The van der Waals surface area contributed by atoms with Crippen molar-refractivity contribution in [3.05, 3.63) is 82.8 Å². The van der Waals surface area contributed by atoms with Gasteiger partial charge in [-0.25, -0.2) is 5.43 Å². The lowest BCUT2D eigenvalue weighted by Crippen LogP contribution is -2.20. The van der Waals surface area contributed by atoms with Crippen LogP contribution in [0.4, 0.5) is 0 Å². The van der Waals surface area contributed by atoms with Crippen LogP contribution in [0.1, 0.15) is 5.56 Å². The molecule has 4 aromatic rings. The van der Waals surface area contributed by atoms with Crippen LogP contribution in [0.25, 0.3) is 17.1 Å². The Morgan fingerprint density at radius 1 is 1.06 bits per heavy atom. The number of carbonyl (C=O) groups is 1. The molecule has 4 rings (SSSR count). The maximum atomic E-state index is 12.5. The summed E-state index contributed by atoms with van der Waals surface area (Å²) in [7, 11) is 3.15. The molecule has 0 saturated heterocycles. The van der Waals surface area contributed by atoms with Gasteiger partial charge in [-0.1, -0.05) is 58.0 Å². The van der Waals surface area contributed by atoms with E-state index in [0.717, 1.165) is 15.7 Å². The predicted octanol–water partition coefficient (Wildman–Crippen LogP) is 4.96. The highest BCUT2D eigenvalue weighted by atomic mass is 79.9. The minimum absolute atomic E-state index is 0.107. The van der Waals surface area contributed by atoms with Crippen LogP contribution < -0.4 is 14.9 Å². The van der Waals surface area contributed by atoms with Gasteiger partial charge >= 0.3 is 0 Å². The third-order valence-electron chi connectivity index (χ3n) is 4.89. The molecule has 0 radical (unpaired) electrons. The lowest BCUT2D eigenvalue weighted by atomic mass is 10.2. The van der Waals surface area contributed by atoms with Gasteiger partial charge in [0.05, 0.1) is 26.2 Å². The number of hydrazone groups is 1. The molecule has 0 spiro atoms. The molecule has 1 aromatic heterocycles. The number of rotatable bonds is 9. The molecule has 0 aliphatic heterocycles. The third-order valence-corrected chi connectivity index (χ3v) is 6.31. The Morgan fingerprint density at radius 2 is 1.89 bits per heavy atom. The van der Waals surface area contributed by atoms with E-state index < -0.39 is 0 Å². The van der Waals surface area contributed by atoms with Crippen LogP contribution in [0.3, 0.4) is 0 Å². The molecule has 3 aromatic carbocycles. The number of nitrogens with zero attached hydrogens (tertiary/aromatic N) is 4. The monoisotopic (exact) mass is 551 g/mol. The molecule has 0 aliphatic carbocycles. The summed E-state index contributed by atoms with van der Waals surface area (Å²) in [4.78, 5) is 12.5. The van der Waals surface area contributed by atoms with Crippen LogP contribution in [-0.4, -0.2) is 46.9 Å². The first kappa shape index (κ1) is 24.5. The number of aromatic nitrogens is 3. The molecule has 0 saturated carbocycles. The summed E-state index contributed by atoms with van der Waals surface area (Å²) in [5.41, 5.74) is 5.04. The fraction of sp³-hybridized carbons (Fsp3) is 0.120. The average Bonchev–Trinajstić information content (AvgIpc) is 3.32. The summed E-state index contributed by atoms with van der Waals surface area (Å²) in [6, 6.07) is 23.0. The molecular weight excluding hydrogens is 530 g/mol. The van der Waals surface area contributed by atoms with Gasteiger partial charge in [0.15, 0.2) is 11.0 Å². The van der Waals surface area contributed by atoms with Gasteiger partial charge in [-0.15, -0.1) is 10.2 Å². The van der Waals surface area contributed by atoms with E-state index in [-0.39, 0.29) is 11.7 Å². The number of hydrogen-bond donors (Lipinski definition) is 1. The Bertz CT molecular complexity index is 1340. The van der Waals surface area contributed by atoms with Crippen molar-refractivity contribution < 1.29 is 14.3 Å². The smallest absolute Gasteiger partial charge is 0.250 e. The fourth-order valence-electron chi connectivity index (χ4n) is 3.26. The molecule has 0 unspecified atom stereocenters. The van der Waals surface area contributed by atoms with E-state index >= 15 is 0 Å². The molecule has 0 atom stereocenters. The molecule has 1 N–H and O–H groups in total. The second kappa shape index (κ2) is 11.7. The maximum absolute atomic E-state index is 12.5. The van der Waals surface area contributed by atoms with Gasteiger partial charge < -0.3 is 9.47 Å². The van der Waals surface area contributed by atoms with Gasteiger partial charge in [0.2, 0.25) is 0 Å². The second-order valence-electron chi connectivity index (χ2n) is 7.18. The number of nitrogens with one attached hydrogen (secondary N) is 1. The van der Waals surface area contributed by atoms with Gasteiger partial charge in [0.1, 0.15) is 11.5 Å². The zero-order valence-electron chi connectivity index (χ0n) is 19.0. The highest BCUT2D eigenvalue weighted by Crippen LogP contribution is 2.29. The maximum Gasteiger partial charge on any atom is 0.250 e. The number of ether oxygens (including phenoxy) is 2. The number of amides is 1. The molecule has 10 heteroatoms. The fourth-order valence-corrected chi connectivity index (χ4v) is 4.41. The molecule has 1 heterocycles. The van der Waals surface area contributed by atoms with Crippen LogP contribution in [0, 0.1) is 0 Å². The quantitative estimate of drug-likeness (QED) is 0.180. The van der Waals surface area contributed by atoms with Crippen LogP contribution in [-0.2, 0) is 4.79 Å². The Kier molecular flexibility index (Phi) is 8.17. The van der Waals surface area contributed by atoms with Crippen molar-refractivity contribution in [2.24, 2.45) is 5.10 Å². The van der Waals surface area contributed by atoms with E-state index in [9.17, 15) is 4.79 Å². The molecule has 0 aliphatic rings. The molecule has 1 amide bonds.